The molecule has 1 aliphatic heterocycles. The topological polar surface area (TPSA) is 91.4 Å². The van der Waals surface area contributed by atoms with Crippen LogP contribution in [0, 0.1) is 6.92 Å². The smallest absolute Gasteiger partial charge is 0.243 e. The van der Waals surface area contributed by atoms with E-state index in [2.05, 4.69) is 29.2 Å². The molecule has 1 fully saturated rings. The third kappa shape index (κ3) is 6.48. The predicted molar refractivity (Wildman–Crippen MR) is 143 cm³/mol. The molecule has 0 spiro atoms. The highest BCUT2D eigenvalue weighted by Gasteiger charge is 2.25. The van der Waals surface area contributed by atoms with E-state index in [1.54, 1.807) is 26.2 Å². The Labute approximate surface area is 215 Å². The van der Waals surface area contributed by atoms with Crippen LogP contribution in [0.1, 0.15) is 24.8 Å². The van der Waals surface area contributed by atoms with Crippen LogP contribution in [0.5, 0.6) is 11.5 Å². The molecule has 1 aliphatic rings. The fourth-order valence-corrected chi connectivity index (χ4v) is 5.82. The minimum Gasteiger partial charge on any atom is -0.497 e. The molecule has 1 heterocycles. The van der Waals surface area contributed by atoms with Crippen molar-refractivity contribution in [1.29, 1.82) is 0 Å². The van der Waals surface area contributed by atoms with Crippen molar-refractivity contribution in [3.63, 3.8) is 0 Å². The monoisotopic (exact) mass is 518 g/mol. The van der Waals surface area contributed by atoms with Crippen LogP contribution in [-0.4, -0.2) is 84.6 Å². The molecule has 2 aromatic carbocycles. The minimum absolute atomic E-state index is 0.0209. The molecule has 0 saturated carbocycles. The summed E-state index contributed by atoms with van der Waals surface area (Å²) in [5.41, 5.74) is 2.21. The molecular weight excluding hydrogens is 480 g/mol. The second-order valence-electron chi connectivity index (χ2n) is 9.32. The van der Waals surface area contributed by atoms with Gasteiger partial charge in [-0.05, 0) is 69.8 Å². The number of benzene rings is 2. The Morgan fingerprint density at radius 1 is 1.06 bits per heavy atom. The molecule has 198 valence electrons. The summed E-state index contributed by atoms with van der Waals surface area (Å²) in [6.45, 7) is 3.66. The molecule has 1 saturated heterocycles. The predicted octanol–water partition coefficient (Wildman–Crippen LogP) is 3.19. The van der Waals surface area contributed by atoms with E-state index in [4.69, 9.17) is 9.47 Å². The summed E-state index contributed by atoms with van der Waals surface area (Å²) in [5.74, 6) is 1.02. The van der Waals surface area contributed by atoms with Gasteiger partial charge in [0.05, 0.1) is 24.8 Å². The molecule has 10 heteroatoms. The number of nitrogens with zero attached hydrogens (tertiary/aromatic N) is 3. The van der Waals surface area contributed by atoms with Gasteiger partial charge >= 0.3 is 0 Å². The summed E-state index contributed by atoms with van der Waals surface area (Å²) in [4.78, 5) is 17.4. The number of sulfonamides is 1. The fraction of sp³-hybridized carbons (Fsp3) is 0.500. The molecule has 0 bridgehead atoms. The first kappa shape index (κ1) is 27.8. The van der Waals surface area contributed by atoms with Crippen LogP contribution in [0.25, 0.3) is 0 Å². The number of anilines is 2. The Hall–Kier alpha value is -2.82. The molecule has 3 rings (SSSR count). The van der Waals surface area contributed by atoms with E-state index >= 15 is 0 Å². The summed E-state index contributed by atoms with van der Waals surface area (Å²) in [6, 6.07) is 11.0. The number of carbonyl (C=O) groups is 1. The molecule has 2 aromatic rings. The second kappa shape index (κ2) is 11.9. The van der Waals surface area contributed by atoms with Gasteiger partial charge in [0.25, 0.3) is 0 Å². The zero-order valence-electron chi connectivity index (χ0n) is 22.1. The van der Waals surface area contributed by atoms with Crippen molar-refractivity contribution in [2.45, 2.75) is 37.1 Å². The number of rotatable bonds is 10. The summed E-state index contributed by atoms with van der Waals surface area (Å²) >= 11 is 0. The number of hydrogen-bond acceptors (Lipinski definition) is 7. The van der Waals surface area contributed by atoms with Crippen molar-refractivity contribution in [1.82, 2.24) is 9.21 Å². The van der Waals surface area contributed by atoms with E-state index < -0.39 is 10.0 Å². The van der Waals surface area contributed by atoms with Gasteiger partial charge in [-0.2, -0.15) is 0 Å². The molecule has 1 amide bonds. The number of piperidine rings is 1. The van der Waals surface area contributed by atoms with Gasteiger partial charge in [0.15, 0.2) is 0 Å². The molecule has 0 aliphatic carbocycles. The van der Waals surface area contributed by atoms with Crippen molar-refractivity contribution in [2.75, 3.05) is 65.2 Å². The van der Waals surface area contributed by atoms with Gasteiger partial charge in [-0.3, -0.25) is 4.79 Å². The van der Waals surface area contributed by atoms with Crippen molar-refractivity contribution >= 4 is 27.3 Å². The van der Waals surface area contributed by atoms with Crippen molar-refractivity contribution in [3.05, 3.63) is 42.0 Å². The summed E-state index contributed by atoms with van der Waals surface area (Å²) in [6.07, 6.45) is 2.19. The zero-order chi connectivity index (χ0) is 26.5. The zero-order valence-corrected chi connectivity index (χ0v) is 22.9. The molecular formula is C26H38N4O5S. The molecule has 1 N–H and O–H groups in total. The maximum absolute atomic E-state index is 13.0. The molecule has 0 radical (unpaired) electrons. The summed E-state index contributed by atoms with van der Waals surface area (Å²) < 4.78 is 37.9. The Morgan fingerprint density at radius 3 is 2.33 bits per heavy atom. The first-order valence-corrected chi connectivity index (χ1v) is 13.5. The Bertz CT molecular complexity index is 1160. The van der Waals surface area contributed by atoms with Crippen molar-refractivity contribution in [2.24, 2.45) is 0 Å². The van der Waals surface area contributed by atoms with Crippen LogP contribution >= 0.6 is 0 Å². The van der Waals surface area contributed by atoms with Crippen LogP contribution < -0.4 is 19.7 Å². The Kier molecular flexibility index (Phi) is 9.21. The SMILES string of the molecule is COc1ccc(S(=O)(=O)N(C)CCC(=O)Nc2ccc(N3CCC(N(C)C)CC3)c(OC)c2)c(C)c1. The highest BCUT2D eigenvalue weighted by atomic mass is 32.2. The molecule has 0 aromatic heterocycles. The van der Waals surface area contributed by atoms with Crippen molar-refractivity contribution < 1.29 is 22.7 Å². The Morgan fingerprint density at radius 2 is 1.75 bits per heavy atom. The first-order valence-electron chi connectivity index (χ1n) is 12.1. The molecule has 9 nitrogen and oxygen atoms in total. The van der Waals surface area contributed by atoms with Gasteiger partial charge in [-0.15, -0.1) is 0 Å². The highest BCUT2D eigenvalue weighted by molar-refractivity contribution is 7.89. The lowest BCUT2D eigenvalue weighted by Gasteiger charge is -2.37. The number of nitrogens with one attached hydrogen (secondary N) is 1. The third-order valence-corrected chi connectivity index (χ3v) is 8.74. The number of amides is 1. The number of methoxy groups -OCH3 is 2. The lowest BCUT2D eigenvalue weighted by molar-refractivity contribution is -0.116. The molecule has 36 heavy (non-hydrogen) atoms. The number of ether oxygens (including phenoxy) is 2. The lowest BCUT2D eigenvalue weighted by atomic mass is 10.0. The number of carbonyl (C=O) groups excluding carboxylic acids is 1. The van der Waals surface area contributed by atoms with Gasteiger partial charge in [-0.1, -0.05) is 0 Å². The van der Waals surface area contributed by atoms with Gasteiger partial charge < -0.3 is 24.6 Å². The fourth-order valence-electron chi connectivity index (χ4n) is 4.45. The summed E-state index contributed by atoms with van der Waals surface area (Å²) in [7, 11) is 5.13. The van der Waals surface area contributed by atoms with Crippen molar-refractivity contribution in [3.8, 4) is 11.5 Å². The van der Waals surface area contributed by atoms with E-state index in [9.17, 15) is 13.2 Å². The van der Waals surface area contributed by atoms with Crippen LogP contribution in [0.3, 0.4) is 0 Å². The van der Waals surface area contributed by atoms with Gasteiger partial charge in [-0.25, -0.2) is 12.7 Å². The average Bonchev–Trinajstić information content (AvgIpc) is 2.86. The second-order valence-corrected chi connectivity index (χ2v) is 11.3. The standard InChI is InChI=1S/C26H38N4O5S/c1-19-17-22(34-5)8-10-25(19)36(32,33)29(4)14-13-26(31)27-20-7-9-23(24(18-20)35-6)30-15-11-21(12-16-30)28(2)3/h7-10,17-18,21H,11-16H2,1-6H3,(H,27,31). The quantitative estimate of drug-likeness (QED) is 0.517. The van der Waals surface area contributed by atoms with E-state index in [0.717, 1.165) is 31.6 Å². The highest BCUT2D eigenvalue weighted by Crippen LogP contribution is 2.33. The average molecular weight is 519 g/mol. The molecule has 0 unspecified atom stereocenters. The third-order valence-electron chi connectivity index (χ3n) is 6.72. The van der Waals surface area contributed by atoms with E-state index in [0.29, 0.717) is 28.8 Å². The van der Waals surface area contributed by atoms with Crippen LogP contribution in [0.4, 0.5) is 11.4 Å². The first-order chi connectivity index (χ1) is 17.1. The van der Waals surface area contributed by atoms with Gasteiger partial charge in [0.1, 0.15) is 11.5 Å². The normalized spacial score (nSPS) is 14.8. The maximum atomic E-state index is 13.0. The van der Waals surface area contributed by atoms with Gasteiger partial charge in [0, 0.05) is 50.9 Å². The lowest BCUT2D eigenvalue weighted by Crippen LogP contribution is -2.42. The minimum atomic E-state index is -3.73. The van der Waals surface area contributed by atoms with Crippen LogP contribution in [0.2, 0.25) is 0 Å². The maximum Gasteiger partial charge on any atom is 0.243 e. The van der Waals surface area contributed by atoms with Crippen LogP contribution in [0.15, 0.2) is 41.3 Å². The van der Waals surface area contributed by atoms with E-state index in [1.807, 2.05) is 18.2 Å². The van der Waals surface area contributed by atoms with E-state index in [1.165, 1.54) is 24.5 Å². The summed E-state index contributed by atoms with van der Waals surface area (Å²) in [5, 5.41) is 2.86. The number of hydrogen-bond donors (Lipinski definition) is 1. The van der Waals surface area contributed by atoms with E-state index in [-0.39, 0.29) is 23.8 Å². The van der Waals surface area contributed by atoms with Crippen LogP contribution in [-0.2, 0) is 14.8 Å². The Balaban J connectivity index is 1.60. The number of aryl methyl sites for hydroxylation is 1. The largest absolute Gasteiger partial charge is 0.497 e. The molecule has 0 atom stereocenters. The van der Waals surface area contributed by atoms with Gasteiger partial charge in [0.2, 0.25) is 15.9 Å².